The number of ether oxygens (including phenoxy) is 1. The normalized spacial score (nSPS) is 17.2. The maximum atomic E-state index is 12.5. The highest BCUT2D eigenvalue weighted by Crippen LogP contribution is 2.32. The first kappa shape index (κ1) is 15.1. The Morgan fingerprint density at radius 2 is 2.05 bits per heavy atom. The summed E-state index contributed by atoms with van der Waals surface area (Å²) in [6, 6.07) is 8.31. The number of amides is 1. The van der Waals surface area contributed by atoms with Gasteiger partial charge in [0.2, 0.25) is 0 Å². The third-order valence-corrected chi connectivity index (χ3v) is 5.15. The Hall–Kier alpha value is -1.81. The maximum absolute atomic E-state index is 12.5. The van der Waals surface area contributed by atoms with Crippen LogP contribution in [0, 0.1) is 13.8 Å². The first-order valence-electron chi connectivity index (χ1n) is 7.61. The summed E-state index contributed by atoms with van der Waals surface area (Å²) in [6.45, 7) is 7.05. The van der Waals surface area contributed by atoms with Crippen molar-refractivity contribution in [2.24, 2.45) is 0 Å². The zero-order chi connectivity index (χ0) is 15.7. The van der Waals surface area contributed by atoms with Crippen molar-refractivity contribution in [1.29, 1.82) is 0 Å². The van der Waals surface area contributed by atoms with Crippen LogP contribution in [-0.4, -0.2) is 24.0 Å². The van der Waals surface area contributed by atoms with Gasteiger partial charge < -0.3 is 9.64 Å². The van der Waals surface area contributed by atoms with Crippen LogP contribution in [-0.2, 0) is 11.2 Å². The molecule has 1 aromatic heterocycles. The highest BCUT2D eigenvalue weighted by Gasteiger charge is 2.28. The van der Waals surface area contributed by atoms with Crippen LogP contribution in [0.1, 0.15) is 34.5 Å². The molecule has 4 heteroatoms. The monoisotopic (exact) mass is 315 g/mol. The standard InChI is InChI=1S/C18H21NO2S/c1-12-8-13(2)10-15(9-12)21-11-18(20)19-6-4-17-16(14(19)3)5-7-22-17/h5,7-10,14H,4,6,11H2,1-3H3/t14-/m1/s1. The lowest BCUT2D eigenvalue weighted by Gasteiger charge is -2.33. The Labute approximate surface area is 135 Å². The molecule has 22 heavy (non-hydrogen) atoms. The summed E-state index contributed by atoms with van der Waals surface area (Å²) in [4.78, 5) is 15.8. The molecule has 0 spiro atoms. The lowest BCUT2D eigenvalue weighted by Crippen LogP contribution is -2.40. The molecule has 1 atom stereocenters. The number of nitrogens with zero attached hydrogens (tertiary/aromatic N) is 1. The molecule has 0 bridgehead atoms. The molecule has 0 radical (unpaired) electrons. The molecule has 0 aliphatic carbocycles. The summed E-state index contributed by atoms with van der Waals surface area (Å²) >= 11 is 1.79. The molecule has 0 N–H and O–H groups in total. The van der Waals surface area contributed by atoms with Crippen molar-refractivity contribution >= 4 is 17.2 Å². The van der Waals surface area contributed by atoms with Gasteiger partial charge in [0.05, 0.1) is 6.04 Å². The molecular formula is C18H21NO2S. The zero-order valence-corrected chi connectivity index (χ0v) is 14.1. The molecule has 0 saturated heterocycles. The minimum Gasteiger partial charge on any atom is -0.484 e. The number of aryl methyl sites for hydroxylation is 2. The van der Waals surface area contributed by atoms with E-state index >= 15 is 0 Å². The van der Waals surface area contributed by atoms with Gasteiger partial charge in [0.1, 0.15) is 5.75 Å². The first-order chi connectivity index (χ1) is 10.5. The van der Waals surface area contributed by atoms with Crippen molar-refractivity contribution in [3.8, 4) is 5.75 Å². The number of carbonyl (C=O) groups excluding carboxylic acids is 1. The molecule has 1 aromatic carbocycles. The predicted octanol–water partition coefficient (Wildman–Crippen LogP) is 3.89. The van der Waals surface area contributed by atoms with Crippen LogP contribution in [0.3, 0.4) is 0 Å². The van der Waals surface area contributed by atoms with Gasteiger partial charge in [-0.15, -0.1) is 11.3 Å². The van der Waals surface area contributed by atoms with Crippen LogP contribution in [0.4, 0.5) is 0 Å². The van der Waals surface area contributed by atoms with Gasteiger partial charge in [0.15, 0.2) is 6.61 Å². The summed E-state index contributed by atoms with van der Waals surface area (Å²) in [5, 5.41) is 2.11. The lowest BCUT2D eigenvalue weighted by atomic mass is 10.0. The second-order valence-corrected chi connectivity index (χ2v) is 6.92. The van der Waals surface area contributed by atoms with Crippen molar-refractivity contribution < 1.29 is 9.53 Å². The highest BCUT2D eigenvalue weighted by atomic mass is 32.1. The van der Waals surface area contributed by atoms with E-state index in [0.717, 1.165) is 29.8 Å². The van der Waals surface area contributed by atoms with E-state index in [9.17, 15) is 4.79 Å². The molecule has 3 rings (SSSR count). The van der Waals surface area contributed by atoms with Crippen molar-refractivity contribution in [2.75, 3.05) is 13.2 Å². The number of rotatable bonds is 3. The lowest BCUT2D eigenvalue weighted by molar-refractivity contribution is -0.135. The van der Waals surface area contributed by atoms with Gasteiger partial charge in [-0.25, -0.2) is 0 Å². The SMILES string of the molecule is Cc1cc(C)cc(OCC(=O)N2CCc3sccc3[C@H]2C)c1. The topological polar surface area (TPSA) is 29.5 Å². The quantitative estimate of drug-likeness (QED) is 0.860. The van der Waals surface area contributed by atoms with Gasteiger partial charge in [0, 0.05) is 11.4 Å². The molecule has 116 valence electrons. The van der Waals surface area contributed by atoms with Gasteiger partial charge in [0.25, 0.3) is 5.91 Å². The molecule has 2 heterocycles. The maximum Gasteiger partial charge on any atom is 0.261 e. The average molecular weight is 315 g/mol. The van der Waals surface area contributed by atoms with E-state index in [2.05, 4.69) is 24.4 Å². The number of hydrogen-bond donors (Lipinski definition) is 0. The largest absolute Gasteiger partial charge is 0.484 e. The van der Waals surface area contributed by atoms with Crippen molar-refractivity contribution in [1.82, 2.24) is 4.90 Å². The fourth-order valence-corrected chi connectivity index (χ4v) is 4.06. The van der Waals surface area contributed by atoms with Crippen molar-refractivity contribution in [3.05, 3.63) is 51.2 Å². The molecule has 3 nitrogen and oxygen atoms in total. The fraction of sp³-hybridized carbons (Fsp3) is 0.389. The Morgan fingerprint density at radius 3 is 2.77 bits per heavy atom. The number of fused-ring (bicyclic) bond motifs is 1. The molecule has 1 aliphatic rings. The molecular weight excluding hydrogens is 294 g/mol. The number of hydrogen-bond acceptors (Lipinski definition) is 3. The second kappa shape index (κ2) is 6.13. The van der Waals surface area contributed by atoms with Crippen LogP contribution in [0.2, 0.25) is 0 Å². The van der Waals surface area contributed by atoms with Gasteiger partial charge in [-0.2, -0.15) is 0 Å². The van der Waals surface area contributed by atoms with Crippen LogP contribution in [0.5, 0.6) is 5.75 Å². The van der Waals surface area contributed by atoms with E-state index in [1.54, 1.807) is 11.3 Å². The average Bonchev–Trinajstić information content (AvgIpc) is 2.93. The predicted molar refractivity (Wildman–Crippen MR) is 89.6 cm³/mol. The van der Waals surface area contributed by atoms with E-state index in [0.29, 0.717) is 0 Å². The first-order valence-corrected chi connectivity index (χ1v) is 8.49. The van der Waals surface area contributed by atoms with E-state index in [1.165, 1.54) is 10.4 Å². The molecule has 2 aromatic rings. The molecule has 0 saturated carbocycles. The number of carbonyl (C=O) groups is 1. The van der Waals surface area contributed by atoms with Gasteiger partial charge in [-0.1, -0.05) is 6.07 Å². The smallest absolute Gasteiger partial charge is 0.261 e. The Kier molecular flexibility index (Phi) is 4.21. The number of benzene rings is 1. The van der Waals surface area contributed by atoms with Crippen molar-refractivity contribution in [2.45, 2.75) is 33.2 Å². The van der Waals surface area contributed by atoms with E-state index in [4.69, 9.17) is 4.74 Å². The Bertz CT molecular complexity index is 672. The summed E-state index contributed by atoms with van der Waals surface area (Å²) in [5.74, 6) is 0.829. The summed E-state index contributed by atoms with van der Waals surface area (Å²) in [5.41, 5.74) is 3.59. The summed E-state index contributed by atoms with van der Waals surface area (Å²) < 4.78 is 5.71. The zero-order valence-electron chi connectivity index (χ0n) is 13.3. The minimum absolute atomic E-state index is 0.0588. The third kappa shape index (κ3) is 3.02. The van der Waals surface area contributed by atoms with Gasteiger partial charge >= 0.3 is 0 Å². The summed E-state index contributed by atoms with van der Waals surface area (Å²) in [7, 11) is 0. The Morgan fingerprint density at radius 1 is 1.32 bits per heavy atom. The summed E-state index contributed by atoms with van der Waals surface area (Å²) in [6.07, 6.45) is 0.951. The number of thiophene rings is 1. The molecule has 1 aliphatic heterocycles. The van der Waals surface area contributed by atoms with Gasteiger partial charge in [-0.05, 0) is 67.5 Å². The Balaban J connectivity index is 1.65. The van der Waals surface area contributed by atoms with Crippen LogP contribution < -0.4 is 4.74 Å². The van der Waals surface area contributed by atoms with E-state index in [1.807, 2.05) is 30.9 Å². The van der Waals surface area contributed by atoms with Gasteiger partial charge in [-0.3, -0.25) is 4.79 Å². The van der Waals surface area contributed by atoms with E-state index in [-0.39, 0.29) is 18.6 Å². The van der Waals surface area contributed by atoms with Crippen LogP contribution in [0.25, 0.3) is 0 Å². The molecule has 0 unspecified atom stereocenters. The van der Waals surface area contributed by atoms with Crippen LogP contribution in [0.15, 0.2) is 29.6 Å². The van der Waals surface area contributed by atoms with Crippen molar-refractivity contribution in [3.63, 3.8) is 0 Å². The highest BCUT2D eigenvalue weighted by molar-refractivity contribution is 7.10. The molecule has 1 amide bonds. The minimum atomic E-state index is 0.0588. The fourth-order valence-electron chi connectivity index (χ4n) is 3.09. The second-order valence-electron chi connectivity index (χ2n) is 5.92. The molecule has 0 fully saturated rings. The van der Waals surface area contributed by atoms with Crippen LogP contribution >= 0.6 is 11.3 Å². The van der Waals surface area contributed by atoms with E-state index < -0.39 is 0 Å². The third-order valence-electron chi connectivity index (χ3n) is 4.16.